The molecule has 4 N–H and O–H groups in total. The van der Waals surface area contributed by atoms with Gasteiger partial charge in [0.15, 0.2) is 0 Å². The fourth-order valence-corrected chi connectivity index (χ4v) is 3.13. The monoisotopic (exact) mass is 269 g/mol. The summed E-state index contributed by atoms with van der Waals surface area (Å²) in [5.41, 5.74) is 5.80. The maximum atomic E-state index is 11.6. The molecule has 0 saturated carbocycles. The van der Waals surface area contributed by atoms with E-state index in [4.69, 9.17) is 5.73 Å². The molecule has 1 aliphatic heterocycles. The molecular weight excluding hydrogens is 250 g/mol. The summed E-state index contributed by atoms with van der Waals surface area (Å²) in [7, 11) is 1.60. The lowest BCUT2D eigenvalue weighted by atomic mass is 9.94. The van der Waals surface area contributed by atoms with Crippen molar-refractivity contribution in [3.63, 3.8) is 0 Å². The molecule has 18 heavy (non-hydrogen) atoms. The van der Waals surface area contributed by atoms with E-state index >= 15 is 0 Å². The van der Waals surface area contributed by atoms with Gasteiger partial charge in [0.25, 0.3) is 5.91 Å². The number of aliphatic hydroxyl groups is 1. The highest BCUT2D eigenvalue weighted by Crippen LogP contribution is 2.35. The largest absolute Gasteiger partial charge is 0.397 e. The van der Waals surface area contributed by atoms with Crippen molar-refractivity contribution < 1.29 is 9.90 Å². The van der Waals surface area contributed by atoms with Gasteiger partial charge in [0.05, 0.1) is 16.3 Å². The SMILES string of the molecule is CNC(=O)c1sc(N2CCC(C)(O)CC2)cc1N. The first-order valence-corrected chi connectivity index (χ1v) is 6.83. The predicted molar refractivity (Wildman–Crippen MR) is 74.2 cm³/mol. The normalized spacial score (nSPS) is 18.7. The maximum absolute atomic E-state index is 11.6. The Labute approximate surface area is 111 Å². The highest BCUT2D eigenvalue weighted by atomic mass is 32.1. The number of piperidine rings is 1. The summed E-state index contributed by atoms with van der Waals surface area (Å²) in [6, 6.07) is 1.84. The summed E-state index contributed by atoms with van der Waals surface area (Å²) in [6.07, 6.45) is 1.47. The summed E-state index contributed by atoms with van der Waals surface area (Å²) in [5.74, 6) is -0.146. The topological polar surface area (TPSA) is 78.6 Å². The average molecular weight is 269 g/mol. The number of hydrogen-bond acceptors (Lipinski definition) is 5. The van der Waals surface area contributed by atoms with Crippen molar-refractivity contribution in [3.8, 4) is 0 Å². The van der Waals surface area contributed by atoms with Gasteiger partial charge in [-0.15, -0.1) is 11.3 Å². The van der Waals surface area contributed by atoms with Crippen molar-refractivity contribution in [1.29, 1.82) is 0 Å². The molecular formula is C12H19N3O2S. The van der Waals surface area contributed by atoms with Crippen LogP contribution in [0.5, 0.6) is 0 Å². The highest BCUT2D eigenvalue weighted by Gasteiger charge is 2.28. The Bertz CT molecular complexity index is 446. The molecule has 0 bridgehead atoms. The van der Waals surface area contributed by atoms with Gasteiger partial charge in [-0.05, 0) is 25.8 Å². The molecule has 0 aliphatic carbocycles. The first-order chi connectivity index (χ1) is 8.43. The van der Waals surface area contributed by atoms with Crippen LogP contribution in [0.25, 0.3) is 0 Å². The minimum absolute atomic E-state index is 0.146. The fourth-order valence-electron chi connectivity index (χ4n) is 2.05. The van der Waals surface area contributed by atoms with Crippen LogP contribution in [0.1, 0.15) is 29.4 Å². The zero-order chi connectivity index (χ0) is 13.3. The van der Waals surface area contributed by atoms with E-state index in [2.05, 4.69) is 10.2 Å². The Morgan fingerprint density at radius 2 is 2.17 bits per heavy atom. The molecule has 5 nitrogen and oxygen atoms in total. The van der Waals surface area contributed by atoms with Crippen LogP contribution >= 0.6 is 11.3 Å². The summed E-state index contributed by atoms with van der Waals surface area (Å²) in [6.45, 7) is 3.45. The smallest absolute Gasteiger partial charge is 0.263 e. The standard InChI is InChI=1S/C12H19N3O2S/c1-12(17)3-5-15(6-4-12)9-7-8(13)10(18-9)11(16)14-2/h7,17H,3-6,13H2,1-2H3,(H,14,16). The first-order valence-electron chi connectivity index (χ1n) is 6.02. The summed E-state index contributed by atoms with van der Waals surface area (Å²) in [4.78, 5) is 14.3. The third kappa shape index (κ3) is 2.59. The van der Waals surface area contributed by atoms with Crippen molar-refractivity contribution >= 4 is 27.9 Å². The van der Waals surface area contributed by atoms with Gasteiger partial charge in [0, 0.05) is 20.1 Å². The van der Waals surface area contributed by atoms with Crippen molar-refractivity contribution in [2.45, 2.75) is 25.4 Å². The second-order valence-corrected chi connectivity index (χ2v) is 5.96. The van der Waals surface area contributed by atoms with Crippen LogP contribution in [-0.2, 0) is 0 Å². The lowest BCUT2D eigenvalue weighted by molar-refractivity contribution is 0.0352. The summed E-state index contributed by atoms with van der Waals surface area (Å²) >= 11 is 1.41. The van der Waals surface area contributed by atoms with Crippen molar-refractivity contribution in [1.82, 2.24) is 5.32 Å². The van der Waals surface area contributed by atoms with Gasteiger partial charge >= 0.3 is 0 Å². The molecule has 1 aliphatic rings. The molecule has 0 spiro atoms. The average Bonchev–Trinajstić information content (AvgIpc) is 2.70. The van der Waals surface area contributed by atoms with E-state index in [9.17, 15) is 9.90 Å². The number of nitrogens with zero attached hydrogens (tertiary/aromatic N) is 1. The van der Waals surface area contributed by atoms with E-state index in [1.165, 1.54) is 11.3 Å². The van der Waals surface area contributed by atoms with E-state index in [-0.39, 0.29) is 5.91 Å². The van der Waals surface area contributed by atoms with Crippen LogP contribution < -0.4 is 16.0 Å². The van der Waals surface area contributed by atoms with Gasteiger partial charge in [-0.25, -0.2) is 0 Å². The van der Waals surface area contributed by atoms with Crippen LogP contribution in [-0.4, -0.2) is 36.8 Å². The number of thiophene rings is 1. The minimum Gasteiger partial charge on any atom is -0.397 e. The molecule has 6 heteroatoms. The molecule has 0 radical (unpaired) electrons. The quantitative estimate of drug-likeness (QED) is 0.749. The molecule has 2 rings (SSSR count). The molecule has 0 aromatic carbocycles. The second-order valence-electron chi connectivity index (χ2n) is 4.93. The molecule has 1 fully saturated rings. The Kier molecular flexibility index (Phi) is 3.49. The lowest BCUT2D eigenvalue weighted by Gasteiger charge is -2.36. The third-order valence-corrected chi connectivity index (χ3v) is 4.54. The van der Waals surface area contributed by atoms with E-state index in [0.29, 0.717) is 10.6 Å². The zero-order valence-electron chi connectivity index (χ0n) is 10.7. The summed E-state index contributed by atoms with van der Waals surface area (Å²) < 4.78 is 0. The number of carbonyl (C=O) groups excluding carboxylic acids is 1. The van der Waals surface area contributed by atoms with Crippen molar-refractivity contribution in [3.05, 3.63) is 10.9 Å². The predicted octanol–water partition coefficient (Wildman–Crippen LogP) is 1.04. The number of amides is 1. The Morgan fingerprint density at radius 1 is 1.56 bits per heavy atom. The van der Waals surface area contributed by atoms with Gasteiger partial charge in [-0.1, -0.05) is 0 Å². The Morgan fingerprint density at radius 3 is 2.72 bits per heavy atom. The van der Waals surface area contributed by atoms with Crippen LogP contribution in [0, 0.1) is 0 Å². The van der Waals surface area contributed by atoms with Gasteiger partial charge in [0.2, 0.25) is 0 Å². The van der Waals surface area contributed by atoms with Gasteiger partial charge < -0.3 is 21.1 Å². The number of hydrogen-bond donors (Lipinski definition) is 3. The van der Waals surface area contributed by atoms with Crippen molar-refractivity contribution in [2.75, 3.05) is 30.8 Å². The molecule has 1 aromatic rings. The Balaban J connectivity index is 2.13. The number of nitrogen functional groups attached to an aromatic ring is 1. The summed E-state index contributed by atoms with van der Waals surface area (Å²) in [5, 5.41) is 13.5. The van der Waals surface area contributed by atoms with Gasteiger partial charge in [-0.2, -0.15) is 0 Å². The van der Waals surface area contributed by atoms with E-state index < -0.39 is 5.60 Å². The molecule has 1 amide bonds. The minimum atomic E-state index is -0.567. The van der Waals surface area contributed by atoms with Gasteiger partial charge in [-0.3, -0.25) is 4.79 Å². The van der Waals surface area contributed by atoms with Crippen molar-refractivity contribution in [2.24, 2.45) is 0 Å². The molecule has 1 aromatic heterocycles. The number of rotatable bonds is 2. The number of carbonyl (C=O) groups is 1. The van der Waals surface area contributed by atoms with Crippen LogP contribution in [0.4, 0.5) is 10.7 Å². The third-order valence-electron chi connectivity index (χ3n) is 3.33. The van der Waals surface area contributed by atoms with E-state index in [0.717, 1.165) is 30.9 Å². The molecule has 0 atom stereocenters. The van der Waals surface area contributed by atoms with Gasteiger partial charge in [0.1, 0.15) is 4.88 Å². The van der Waals surface area contributed by atoms with Crippen LogP contribution in [0.3, 0.4) is 0 Å². The molecule has 100 valence electrons. The second kappa shape index (κ2) is 4.78. The molecule has 2 heterocycles. The van der Waals surface area contributed by atoms with E-state index in [1.807, 2.05) is 13.0 Å². The lowest BCUT2D eigenvalue weighted by Crippen LogP contribution is -2.42. The molecule has 1 saturated heterocycles. The number of anilines is 2. The number of nitrogens with two attached hydrogens (primary N) is 1. The first kappa shape index (κ1) is 13.2. The Hall–Kier alpha value is -1.27. The molecule has 0 unspecified atom stereocenters. The van der Waals surface area contributed by atoms with Crippen LogP contribution in [0.15, 0.2) is 6.07 Å². The maximum Gasteiger partial charge on any atom is 0.263 e. The highest BCUT2D eigenvalue weighted by molar-refractivity contribution is 7.18. The van der Waals surface area contributed by atoms with E-state index in [1.54, 1.807) is 7.05 Å². The zero-order valence-corrected chi connectivity index (χ0v) is 11.5. The number of nitrogens with one attached hydrogen (secondary N) is 1. The van der Waals surface area contributed by atoms with Crippen LogP contribution in [0.2, 0.25) is 0 Å². The fraction of sp³-hybridized carbons (Fsp3) is 0.583.